The standard InChI is InChI=1S/C11H14Cl2N4O/c12-9-14-10(13)16-11(15-9)17-5-6-18-8-4-2-1-3-7(8)17/h7-8H,1-6H2. The van der Waals surface area contributed by atoms with E-state index in [-0.39, 0.29) is 16.7 Å². The van der Waals surface area contributed by atoms with Gasteiger partial charge in [-0.25, -0.2) is 0 Å². The Morgan fingerprint density at radius 1 is 1.06 bits per heavy atom. The molecule has 0 aromatic carbocycles. The van der Waals surface area contributed by atoms with E-state index >= 15 is 0 Å². The third kappa shape index (κ3) is 2.39. The van der Waals surface area contributed by atoms with Gasteiger partial charge in [-0.2, -0.15) is 15.0 Å². The molecule has 98 valence electrons. The number of nitrogens with zero attached hydrogens (tertiary/aromatic N) is 4. The van der Waals surface area contributed by atoms with Gasteiger partial charge in [0.2, 0.25) is 16.5 Å². The van der Waals surface area contributed by atoms with E-state index in [9.17, 15) is 0 Å². The second-order valence-corrected chi connectivity index (χ2v) is 5.30. The SMILES string of the molecule is Clc1nc(Cl)nc(N2CCOC3CCCCC32)n1. The van der Waals surface area contributed by atoms with Gasteiger partial charge in [-0.15, -0.1) is 0 Å². The molecule has 1 aliphatic carbocycles. The van der Waals surface area contributed by atoms with Gasteiger partial charge in [0.1, 0.15) is 0 Å². The molecule has 3 rings (SSSR count). The van der Waals surface area contributed by atoms with Gasteiger partial charge in [0.25, 0.3) is 0 Å². The normalized spacial score (nSPS) is 28.0. The van der Waals surface area contributed by atoms with E-state index in [2.05, 4.69) is 19.9 Å². The predicted molar refractivity (Wildman–Crippen MR) is 69.2 cm³/mol. The number of morpholine rings is 1. The molecule has 0 bridgehead atoms. The van der Waals surface area contributed by atoms with Crippen LogP contribution >= 0.6 is 23.2 Å². The molecule has 2 fully saturated rings. The molecule has 0 spiro atoms. The predicted octanol–water partition coefficient (Wildman–Crippen LogP) is 2.33. The van der Waals surface area contributed by atoms with Crippen LogP contribution in [0.1, 0.15) is 25.7 Å². The number of rotatable bonds is 1. The molecule has 2 aliphatic rings. The van der Waals surface area contributed by atoms with Gasteiger partial charge < -0.3 is 9.64 Å². The Balaban J connectivity index is 1.89. The van der Waals surface area contributed by atoms with Crippen LogP contribution in [0.4, 0.5) is 5.95 Å². The first-order chi connectivity index (χ1) is 8.74. The van der Waals surface area contributed by atoms with Gasteiger partial charge in [0.15, 0.2) is 0 Å². The number of halogens is 2. The zero-order valence-corrected chi connectivity index (χ0v) is 11.4. The zero-order valence-electron chi connectivity index (χ0n) is 9.85. The topological polar surface area (TPSA) is 51.1 Å². The molecule has 0 radical (unpaired) electrons. The van der Waals surface area contributed by atoms with Gasteiger partial charge in [-0.05, 0) is 36.0 Å². The Morgan fingerprint density at radius 3 is 2.56 bits per heavy atom. The lowest BCUT2D eigenvalue weighted by Crippen LogP contribution is -2.53. The number of anilines is 1. The van der Waals surface area contributed by atoms with Crippen LogP contribution < -0.4 is 4.90 Å². The van der Waals surface area contributed by atoms with E-state index in [0.717, 1.165) is 19.4 Å². The minimum atomic E-state index is 0.142. The van der Waals surface area contributed by atoms with E-state index < -0.39 is 0 Å². The molecule has 2 atom stereocenters. The maximum absolute atomic E-state index is 5.84. The van der Waals surface area contributed by atoms with Crippen molar-refractivity contribution >= 4 is 29.2 Å². The van der Waals surface area contributed by atoms with Crippen molar-refractivity contribution in [3.63, 3.8) is 0 Å². The average Bonchev–Trinajstić information content (AvgIpc) is 2.37. The van der Waals surface area contributed by atoms with E-state index in [1.807, 2.05) is 0 Å². The molecule has 2 heterocycles. The summed E-state index contributed by atoms with van der Waals surface area (Å²) >= 11 is 11.7. The molecule has 0 N–H and O–H groups in total. The molecular weight excluding hydrogens is 275 g/mol. The van der Waals surface area contributed by atoms with Crippen molar-refractivity contribution in [3.8, 4) is 0 Å². The summed E-state index contributed by atoms with van der Waals surface area (Å²) in [6.07, 6.45) is 4.93. The molecule has 7 heteroatoms. The van der Waals surface area contributed by atoms with Crippen LogP contribution in [0.15, 0.2) is 0 Å². The Kier molecular flexibility index (Phi) is 3.54. The van der Waals surface area contributed by atoms with Crippen LogP contribution in [0, 0.1) is 0 Å². The van der Waals surface area contributed by atoms with Crippen LogP contribution in [-0.4, -0.2) is 40.2 Å². The summed E-state index contributed by atoms with van der Waals surface area (Å²) in [7, 11) is 0. The van der Waals surface area contributed by atoms with E-state index in [1.165, 1.54) is 12.8 Å². The van der Waals surface area contributed by atoms with Crippen molar-refractivity contribution in [2.75, 3.05) is 18.1 Å². The van der Waals surface area contributed by atoms with Crippen LogP contribution in [0.3, 0.4) is 0 Å². The third-order valence-corrected chi connectivity index (χ3v) is 3.90. The maximum atomic E-state index is 5.84. The number of hydrogen-bond donors (Lipinski definition) is 0. The van der Waals surface area contributed by atoms with Gasteiger partial charge in [0.05, 0.1) is 18.8 Å². The van der Waals surface area contributed by atoms with E-state index in [0.29, 0.717) is 18.6 Å². The maximum Gasteiger partial charge on any atom is 0.231 e. The summed E-state index contributed by atoms with van der Waals surface area (Å²) in [5.41, 5.74) is 0. The molecule has 2 unspecified atom stereocenters. The quantitative estimate of drug-likeness (QED) is 0.794. The summed E-state index contributed by atoms with van der Waals surface area (Å²) in [5.74, 6) is 0.570. The molecule has 0 amide bonds. The minimum absolute atomic E-state index is 0.142. The third-order valence-electron chi connectivity index (χ3n) is 3.56. The van der Waals surface area contributed by atoms with Crippen molar-refractivity contribution in [2.45, 2.75) is 37.8 Å². The summed E-state index contributed by atoms with van der Waals surface area (Å²) < 4.78 is 5.82. The summed E-state index contributed by atoms with van der Waals surface area (Å²) in [5, 5.41) is 0.285. The second-order valence-electron chi connectivity index (χ2n) is 4.63. The molecule has 1 aromatic heterocycles. The molecule has 1 saturated heterocycles. The van der Waals surface area contributed by atoms with Gasteiger partial charge in [0, 0.05) is 6.54 Å². The monoisotopic (exact) mass is 288 g/mol. The van der Waals surface area contributed by atoms with Gasteiger partial charge in [-0.1, -0.05) is 12.8 Å². The fourth-order valence-corrected chi connectivity index (χ4v) is 3.14. The van der Waals surface area contributed by atoms with E-state index in [1.54, 1.807) is 0 Å². The lowest BCUT2D eigenvalue weighted by molar-refractivity contribution is -0.00933. The number of hydrogen-bond acceptors (Lipinski definition) is 5. The Bertz CT molecular complexity index is 423. The van der Waals surface area contributed by atoms with Crippen molar-refractivity contribution in [3.05, 3.63) is 10.6 Å². The average molecular weight is 289 g/mol. The Morgan fingerprint density at radius 2 is 1.78 bits per heavy atom. The van der Waals surface area contributed by atoms with Crippen LogP contribution in [0.2, 0.25) is 10.6 Å². The molecule has 5 nitrogen and oxygen atoms in total. The number of aromatic nitrogens is 3. The number of ether oxygens (including phenoxy) is 1. The highest BCUT2D eigenvalue weighted by molar-refractivity contribution is 6.31. The molecule has 1 saturated carbocycles. The van der Waals surface area contributed by atoms with E-state index in [4.69, 9.17) is 27.9 Å². The fourth-order valence-electron chi connectivity index (χ4n) is 2.79. The molecular formula is C11H14Cl2N4O. The van der Waals surface area contributed by atoms with Gasteiger partial charge in [-0.3, -0.25) is 0 Å². The van der Waals surface area contributed by atoms with Crippen molar-refractivity contribution < 1.29 is 4.74 Å². The first-order valence-electron chi connectivity index (χ1n) is 6.19. The first kappa shape index (κ1) is 12.4. The van der Waals surface area contributed by atoms with Crippen molar-refractivity contribution in [1.82, 2.24) is 15.0 Å². The van der Waals surface area contributed by atoms with Crippen molar-refractivity contribution in [2.24, 2.45) is 0 Å². The largest absolute Gasteiger partial charge is 0.374 e. The highest BCUT2D eigenvalue weighted by Crippen LogP contribution is 2.30. The van der Waals surface area contributed by atoms with Gasteiger partial charge >= 0.3 is 0 Å². The molecule has 1 aliphatic heterocycles. The lowest BCUT2D eigenvalue weighted by Gasteiger charge is -2.43. The summed E-state index contributed by atoms with van der Waals surface area (Å²) in [4.78, 5) is 14.3. The summed E-state index contributed by atoms with van der Waals surface area (Å²) in [6, 6.07) is 0.335. The van der Waals surface area contributed by atoms with Crippen LogP contribution in [-0.2, 0) is 4.74 Å². The molecule has 1 aromatic rings. The Labute approximate surface area is 115 Å². The van der Waals surface area contributed by atoms with Crippen molar-refractivity contribution in [1.29, 1.82) is 0 Å². The molecule has 18 heavy (non-hydrogen) atoms. The number of fused-ring (bicyclic) bond motifs is 1. The minimum Gasteiger partial charge on any atom is -0.374 e. The smallest absolute Gasteiger partial charge is 0.231 e. The highest BCUT2D eigenvalue weighted by Gasteiger charge is 2.35. The lowest BCUT2D eigenvalue weighted by atomic mass is 9.90. The second kappa shape index (κ2) is 5.15. The summed E-state index contributed by atoms with van der Waals surface area (Å²) in [6.45, 7) is 1.47. The fraction of sp³-hybridized carbons (Fsp3) is 0.727. The first-order valence-corrected chi connectivity index (χ1v) is 6.95. The van der Waals surface area contributed by atoms with Crippen LogP contribution in [0.5, 0.6) is 0 Å². The highest BCUT2D eigenvalue weighted by atomic mass is 35.5. The zero-order chi connectivity index (χ0) is 12.5. The Hall–Kier alpha value is -0.650. The van der Waals surface area contributed by atoms with Crippen LogP contribution in [0.25, 0.3) is 0 Å².